The molecule has 0 saturated heterocycles. The van der Waals surface area contributed by atoms with Crippen molar-refractivity contribution in [1.29, 1.82) is 0 Å². The number of anilines is 1. The van der Waals surface area contributed by atoms with Gasteiger partial charge in [0.05, 0.1) is 27.1 Å². The lowest BCUT2D eigenvalue weighted by Crippen LogP contribution is -2.14. The fourth-order valence-electron chi connectivity index (χ4n) is 1.48. The van der Waals surface area contributed by atoms with Crippen LogP contribution in [-0.2, 0) is 11.4 Å². The van der Waals surface area contributed by atoms with Crippen molar-refractivity contribution in [1.82, 2.24) is 15.2 Å². The number of benzene rings is 1. The number of aromatic amines is 1. The summed E-state index contributed by atoms with van der Waals surface area (Å²) in [6, 6.07) is 1.50. The second-order valence-corrected chi connectivity index (χ2v) is 4.81. The zero-order valence-electron chi connectivity index (χ0n) is 9.02. The molecule has 10 heteroatoms. The van der Waals surface area contributed by atoms with Gasteiger partial charge in [0.25, 0.3) is 5.91 Å². The summed E-state index contributed by atoms with van der Waals surface area (Å²) in [7, 11) is 0. The molecule has 3 rings (SSSR count). The summed E-state index contributed by atoms with van der Waals surface area (Å²) in [5.41, 5.74) is 1.27. The third-order valence-electron chi connectivity index (χ3n) is 2.31. The lowest BCUT2D eigenvalue weighted by molar-refractivity contribution is 0.101. The van der Waals surface area contributed by atoms with Gasteiger partial charge in [0, 0.05) is 0 Å². The van der Waals surface area contributed by atoms with E-state index in [2.05, 4.69) is 29.2 Å². The highest BCUT2D eigenvalue weighted by molar-refractivity contribution is 7.58. The molecule has 1 aliphatic heterocycles. The van der Waals surface area contributed by atoms with Gasteiger partial charge >= 0.3 is 0 Å². The van der Waals surface area contributed by atoms with Crippen molar-refractivity contribution in [2.45, 2.75) is 0 Å². The molecule has 7 nitrogen and oxygen atoms in total. The average Bonchev–Trinajstić information content (AvgIpc) is 3.04. The monoisotopic (exact) mass is 314 g/mol. The van der Waals surface area contributed by atoms with Crippen LogP contribution in [0.15, 0.2) is 21.1 Å². The van der Waals surface area contributed by atoms with Crippen molar-refractivity contribution < 1.29 is 4.79 Å². The Balaban J connectivity index is 2.01. The van der Waals surface area contributed by atoms with Crippen molar-refractivity contribution in [3.05, 3.63) is 28.3 Å². The van der Waals surface area contributed by atoms with Gasteiger partial charge in [0.15, 0.2) is 0 Å². The van der Waals surface area contributed by atoms with Gasteiger partial charge in [0.1, 0.15) is 17.7 Å². The van der Waals surface area contributed by atoms with Crippen LogP contribution in [-0.4, -0.2) is 21.1 Å². The molecule has 2 N–H and O–H groups in total. The molecule has 1 amide bonds. The highest BCUT2D eigenvalue weighted by atomic mass is 35.5. The van der Waals surface area contributed by atoms with Crippen LogP contribution in [0.3, 0.4) is 0 Å². The first kappa shape index (κ1) is 12.3. The van der Waals surface area contributed by atoms with E-state index in [1.54, 1.807) is 0 Å². The summed E-state index contributed by atoms with van der Waals surface area (Å²) in [4.78, 5) is 15.6. The van der Waals surface area contributed by atoms with Crippen molar-refractivity contribution in [2.75, 3.05) is 5.32 Å². The van der Waals surface area contributed by atoms with E-state index in [0.29, 0.717) is 22.1 Å². The fraction of sp³-hybridized carbons (Fsp3) is 0. The van der Waals surface area contributed by atoms with Crippen molar-refractivity contribution >= 4 is 57.5 Å². The maximum Gasteiger partial charge on any atom is 0.293 e. The van der Waals surface area contributed by atoms with Crippen LogP contribution in [0.4, 0.5) is 17.1 Å². The number of nitrogens with one attached hydrogen (secondary N) is 2. The molecule has 2 heterocycles. The van der Waals surface area contributed by atoms with E-state index < -0.39 is 5.91 Å². The van der Waals surface area contributed by atoms with Gasteiger partial charge in [-0.2, -0.15) is 13.8 Å². The number of hydrogen-bond acceptors (Lipinski definition) is 5. The molecule has 0 atom stereocenters. The van der Waals surface area contributed by atoms with Crippen LogP contribution in [0.2, 0.25) is 10.0 Å². The van der Waals surface area contributed by atoms with E-state index >= 15 is 0 Å². The minimum absolute atomic E-state index is 0.0716. The number of fused-ring (bicyclic) bond motifs is 1. The number of aromatic nitrogens is 3. The first-order valence-corrected chi connectivity index (χ1v) is 6.42. The molecule has 2 aromatic rings. The molecule has 96 valence electrons. The summed E-state index contributed by atoms with van der Waals surface area (Å²) in [6.45, 7) is 0. The molecule has 1 aromatic carbocycles. The largest absolute Gasteiger partial charge is 0.316 e. The molecule has 0 fully saturated rings. The van der Waals surface area contributed by atoms with Crippen LogP contribution in [0, 0.1) is 0 Å². The SMILES string of the molecule is O=C(Nc1c(Cl)cc(Cl)c2c1N=S=N2)c1ncn[nH]1. The van der Waals surface area contributed by atoms with Crippen LogP contribution >= 0.6 is 23.2 Å². The lowest BCUT2D eigenvalue weighted by Gasteiger charge is -2.09. The minimum atomic E-state index is -0.476. The Morgan fingerprint density at radius 2 is 2.05 bits per heavy atom. The highest BCUT2D eigenvalue weighted by Crippen LogP contribution is 2.47. The van der Waals surface area contributed by atoms with Gasteiger partial charge in [0.2, 0.25) is 5.82 Å². The maximum atomic E-state index is 11.9. The van der Waals surface area contributed by atoms with Crippen LogP contribution in [0.25, 0.3) is 0 Å². The molecule has 0 bridgehead atoms. The van der Waals surface area contributed by atoms with Gasteiger partial charge < -0.3 is 5.32 Å². The van der Waals surface area contributed by atoms with Gasteiger partial charge in [-0.15, -0.1) is 0 Å². The Kier molecular flexibility index (Phi) is 3.05. The molecule has 1 aromatic heterocycles. The third kappa shape index (κ3) is 2.14. The zero-order valence-corrected chi connectivity index (χ0v) is 11.3. The lowest BCUT2D eigenvalue weighted by atomic mass is 10.2. The van der Waals surface area contributed by atoms with Gasteiger partial charge in [-0.1, -0.05) is 23.2 Å². The molecule has 0 unspecified atom stereocenters. The van der Waals surface area contributed by atoms with E-state index in [-0.39, 0.29) is 10.8 Å². The Morgan fingerprint density at radius 1 is 1.26 bits per heavy atom. The molecule has 0 saturated carbocycles. The molecule has 1 aliphatic rings. The van der Waals surface area contributed by atoms with Crippen molar-refractivity contribution in [3.63, 3.8) is 0 Å². The first-order chi connectivity index (χ1) is 9.16. The fourth-order valence-corrected chi connectivity index (χ4v) is 2.64. The number of nitrogens with zero attached hydrogens (tertiary/aromatic N) is 4. The number of carbonyl (C=O) groups is 1. The molecule has 0 aliphatic carbocycles. The molecule has 19 heavy (non-hydrogen) atoms. The standard InChI is InChI=1S/C9H4Cl2N6OS/c10-3-1-4(11)6-7(17-19-16-6)5(3)14-9(18)8-12-2-13-15-8/h1-2H,(H,14,18)(H,12,13,15). The number of amides is 1. The summed E-state index contributed by atoms with van der Waals surface area (Å²) in [5.74, 6) is -0.404. The van der Waals surface area contributed by atoms with E-state index in [4.69, 9.17) is 23.2 Å². The number of carbonyl (C=O) groups excluding carboxylic acids is 1. The maximum absolute atomic E-state index is 11.9. The normalized spacial score (nSPS) is 12.1. The van der Waals surface area contributed by atoms with Gasteiger partial charge in [-0.25, -0.2) is 4.98 Å². The zero-order chi connectivity index (χ0) is 13.4. The third-order valence-corrected chi connectivity index (χ3v) is 3.43. The smallest absolute Gasteiger partial charge is 0.293 e. The van der Waals surface area contributed by atoms with E-state index in [9.17, 15) is 4.79 Å². The van der Waals surface area contributed by atoms with E-state index in [1.807, 2.05) is 0 Å². The Bertz CT molecular complexity index is 738. The van der Waals surface area contributed by atoms with Gasteiger partial charge in [-0.3, -0.25) is 9.89 Å². The Labute approximate surface area is 120 Å². The predicted octanol–water partition coefficient (Wildman–Crippen LogP) is 3.09. The minimum Gasteiger partial charge on any atom is -0.316 e. The average molecular weight is 315 g/mol. The number of H-pyrrole nitrogens is 1. The number of rotatable bonds is 2. The molecule has 0 spiro atoms. The second kappa shape index (κ2) is 4.72. The Morgan fingerprint density at radius 3 is 2.79 bits per heavy atom. The number of hydrogen-bond donors (Lipinski definition) is 2. The first-order valence-electron chi connectivity index (χ1n) is 4.94. The summed E-state index contributed by atoms with van der Waals surface area (Å²) >= 11 is 13.0. The molecule has 0 radical (unpaired) electrons. The molecular weight excluding hydrogens is 311 g/mol. The number of halogens is 2. The predicted molar refractivity (Wildman–Crippen MR) is 72.3 cm³/mol. The topological polar surface area (TPSA) is 95.4 Å². The van der Waals surface area contributed by atoms with Crippen molar-refractivity contribution in [2.24, 2.45) is 8.73 Å². The summed E-state index contributed by atoms with van der Waals surface area (Å²) in [6.07, 6.45) is 1.23. The van der Waals surface area contributed by atoms with Crippen LogP contribution in [0.1, 0.15) is 10.6 Å². The molecular formula is C9H4Cl2N6OS. The summed E-state index contributed by atoms with van der Waals surface area (Å²) in [5, 5.41) is 9.32. The van der Waals surface area contributed by atoms with Gasteiger partial charge in [-0.05, 0) is 6.07 Å². The van der Waals surface area contributed by atoms with E-state index in [0.717, 1.165) is 11.4 Å². The quantitative estimate of drug-likeness (QED) is 0.760. The van der Waals surface area contributed by atoms with Crippen molar-refractivity contribution in [3.8, 4) is 0 Å². The van der Waals surface area contributed by atoms with Crippen LogP contribution < -0.4 is 5.32 Å². The van der Waals surface area contributed by atoms with Crippen LogP contribution in [0.5, 0.6) is 0 Å². The Hall–Kier alpha value is -1.77. The highest BCUT2D eigenvalue weighted by Gasteiger charge is 2.21. The second-order valence-electron chi connectivity index (χ2n) is 3.46. The summed E-state index contributed by atoms with van der Waals surface area (Å²) < 4.78 is 8.12. The van der Waals surface area contributed by atoms with E-state index in [1.165, 1.54) is 12.4 Å².